The minimum atomic E-state index is -1.02. The molecule has 0 saturated carbocycles. The molecule has 5 nitrogen and oxygen atoms in total. The average molecular weight is 288 g/mol. The summed E-state index contributed by atoms with van der Waals surface area (Å²) >= 11 is 0. The first kappa shape index (κ1) is 15.3. The van der Waals surface area contributed by atoms with E-state index in [-0.39, 0.29) is 19.1 Å². The number of nitrogens with zero attached hydrogens (tertiary/aromatic N) is 1. The van der Waals surface area contributed by atoms with Gasteiger partial charge in [0.25, 0.3) is 5.91 Å². The number of hydrogen-bond donors (Lipinski definition) is 3. The minimum Gasteiger partial charge on any atom is -0.394 e. The van der Waals surface area contributed by atoms with Crippen LogP contribution in [0.15, 0.2) is 48.8 Å². The van der Waals surface area contributed by atoms with Crippen molar-refractivity contribution in [1.29, 1.82) is 0 Å². The number of aromatic nitrogens is 1. The summed E-state index contributed by atoms with van der Waals surface area (Å²) in [5.74, 6) is -0.313. The maximum Gasteiger partial charge on any atom is 0.253 e. The molecule has 0 spiro atoms. The van der Waals surface area contributed by atoms with Crippen LogP contribution in [0.4, 0.5) is 0 Å². The highest BCUT2D eigenvalue weighted by atomic mass is 16.3. The predicted octanol–water partition coefficient (Wildman–Crippen LogP) is 1.01. The van der Waals surface area contributed by atoms with E-state index in [1.165, 1.54) is 0 Å². The molecule has 0 atom stereocenters. The van der Waals surface area contributed by atoms with Crippen molar-refractivity contribution in [2.75, 3.05) is 13.2 Å². The zero-order valence-electron chi connectivity index (χ0n) is 12.0. The lowest BCUT2D eigenvalue weighted by atomic mass is 10.1. The van der Waals surface area contributed by atoms with Crippen molar-refractivity contribution in [3.05, 3.63) is 59.9 Å². The molecule has 112 valence electrons. The highest BCUT2D eigenvalue weighted by Gasteiger charge is 2.25. The molecule has 1 aromatic carbocycles. The largest absolute Gasteiger partial charge is 0.394 e. The molecule has 0 aliphatic heterocycles. The summed E-state index contributed by atoms with van der Waals surface area (Å²) in [7, 11) is 0. The van der Waals surface area contributed by atoms with Crippen LogP contribution in [0.25, 0.3) is 0 Å². The quantitative estimate of drug-likeness (QED) is 0.742. The van der Waals surface area contributed by atoms with Crippen molar-refractivity contribution in [2.45, 2.75) is 19.0 Å². The maximum absolute atomic E-state index is 12.1. The molecule has 2 rings (SSSR count). The van der Waals surface area contributed by atoms with Crippen LogP contribution in [0.2, 0.25) is 0 Å². The molecule has 0 unspecified atom stereocenters. The number of rotatable bonds is 6. The van der Waals surface area contributed by atoms with Gasteiger partial charge in [-0.05, 0) is 18.6 Å². The lowest BCUT2D eigenvalue weighted by Crippen LogP contribution is -2.51. The Morgan fingerprint density at radius 3 is 2.48 bits per heavy atom. The summed E-state index contributed by atoms with van der Waals surface area (Å²) < 4.78 is 1.92. The topological polar surface area (TPSA) is 74.5 Å². The highest BCUT2D eigenvalue weighted by molar-refractivity contribution is 5.94. The van der Waals surface area contributed by atoms with E-state index in [4.69, 9.17) is 0 Å². The fourth-order valence-corrected chi connectivity index (χ4v) is 1.94. The van der Waals surface area contributed by atoms with E-state index in [1.807, 2.05) is 41.1 Å². The zero-order chi connectivity index (χ0) is 15.3. The third-order valence-electron chi connectivity index (χ3n) is 3.33. The van der Waals surface area contributed by atoms with Gasteiger partial charge in [0.2, 0.25) is 0 Å². The SMILES string of the molecule is CC(CO)(CO)NC(=O)c1ccn(Cc2ccccc2)c1. The van der Waals surface area contributed by atoms with Gasteiger partial charge in [0.15, 0.2) is 0 Å². The monoisotopic (exact) mass is 288 g/mol. The molecule has 21 heavy (non-hydrogen) atoms. The molecule has 0 aliphatic rings. The van der Waals surface area contributed by atoms with Crippen LogP contribution in [0, 0.1) is 0 Å². The Hall–Kier alpha value is -2.11. The van der Waals surface area contributed by atoms with Gasteiger partial charge < -0.3 is 20.1 Å². The third-order valence-corrected chi connectivity index (χ3v) is 3.33. The number of aliphatic hydroxyl groups is 2. The van der Waals surface area contributed by atoms with Gasteiger partial charge in [-0.2, -0.15) is 0 Å². The third kappa shape index (κ3) is 3.93. The van der Waals surface area contributed by atoms with Crippen LogP contribution in [-0.2, 0) is 6.54 Å². The second-order valence-electron chi connectivity index (χ2n) is 5.39. The maximum atomic E-state index is 12.1. The van der Waals surface area contributed by atoms with Crippen molar-refractivity contribution in [3.63, 3.8) is 0 Å². The van der Waals surface area contributed by atoms with Crippen molar-refractivity contribution >= 4 is 5.91 Å². The Morgan fingerprint density at radius 1 is 1.19 bits per heavy atom. The van der Waals surface area contributed by atoms with Crippen molar-refractivity contribution in [2.24, 2.45) is 0 Å². The molecule has 0 aliphatic carbocycles. The van der Waals surface area contributed by atoms with Gasteiger partial charge in [0.1, 0.15) is 0 Å². The summed E-state index contributed by atoms with van der Waals surface area (Å²) in [6.45, 7) is 1.64. The number of carbonyl (C=O) groups excluding carboxylic acids is 1. The number of benzene rings is 1. The molecule has 3 N–H and O–H groups in total. The number of carbonyl (C=O) groups is 1. The lowest BCUT2D eigenvalue weighted by Gasteiger charge is -2.25. The lowest BCUT2D eigenvalue weighted by molar-refractivity contribution is 0.0724. The van der Waals surface area contributed by atoms with Gasteiger partial charge in [-0.3, -0.25) is 4.79 Å². The van der Waals surface area contributed by atoms with Crippen LogP contribution in [0.3, 0.4) is 0 Å². The van der Waals surface area contributed by atoms with Crippen LogP contribution in [-0.4, -0.2) is 39.4 Å². The van der Waals surface area contributed by atoms with Crippen molar-refractivity contribution < 1.29 is 15.0 Å². The fourth-order valence-electron chi connectivity index (χ4n) is 1.94. The fraction of sp³-hybridized carbons (Fsp3) is 0.312. The molecule has 1 heterocycles. The molecule has 0 fully saturated rings. The zero-order valence-corrected chi connectivity index (χ0v) is 12.0. The number of nitrogens with one attached hydrogen (secondary N) is 1. The summed E-state index contributed by atoms with van der Waals surface area (Å²) in [5, 5.41) is 21.0. The summed E-state index contributed by atoms with van der Waals surface area (Å²) in [6.07, 6.45) is 3.58. The number of aliphatic hydroxyl groups excluding tert-OH is 2. The Balaban J connectivity index is 2.04. The van der Waals surface area contributed by atoms with E-state index < -0.39 is 5.54 Å². The summed E-state index contributed by atoms with van der Waals surface area (Å²) in [6, 6.07) is 11.7. The Morgan fingerprint density at radius 2 is 1.86 bits per heavy atom. The van der Waals surface area contributed by atoms with E-state index in [2.05, 4.69) is 5.32 Å². The Kier molecular flexibility index (Phi) is 4.77. The van der Waals surface area contributed by atoms with E-state index >= 15 is 0 Å². The molecule has 0 radical (unpaired) electrons. The van der Waals surface area contributed by atoms with Gasteiger partial charge in [0, 0.05) is 18.9 Å². The van der Waals surface area contributed by atoms with Gasteiger partial charge in [-0.1, -0.05) is 30.3 Å². The molecule has 0 saturated heterocycles. The van der Waals surface area contributed by atoms with Gasteiger partial charge in [-0.25, -0.2) is 0 Å². The van der Waals surface area contributed by atoms with Crippen molar-refractivity contribution in [1.82, 2.24) is 9.88 Å². The highest BCUT2D eigenvalue weighted by Crippen LogP contribution is 2.09. The molecular formula is C16H20N2O3. The second-order valence-corrected chi connectivity index (χ2v) is 5.39. The van der Waals surface area contributed by atoms with E-state index in [0.717, 1.165) is 5.56 Å². The van der Waals surface area contributed by atoms with Crippen LogP contribution in [0.1, 0.15) is 22.8 Å². The number of amides is 1. The van der Waals surface area contributed by atoms with Gasteiger partial charge >= 0.3 is 0 Å². The molecule has 5 heteroatoms. The first-order valence-electron chi connectivity index (χ1n) is 6.80. The normalized spacial score (nSPS) is 11.4. The minimum absolute atomic E-state index is 0.313. The van der Waals surface area contributed by atoms with Gasteiger partial charge in [0.05, 0.1) is 24.3 Å². The van der Waals surface area contributed by atoms with E-state index in [1.54, 1.807) is 19.2 Å². The first-order valence-corrected chi connectivity index (χ1v) is 6.80. The van der Waals surface area contributed by atoms with Crippen LogP contribution < -0.4 is 5.32 Å². The Bertz CT molecular complexity index is 589. The van der Waals surface area contributed by atoms with Crippen LogP contribution >= 0.6 is 0 Å². The molecule has 2 aromatic rings. The summed E-state index contributed by atoms with van der Waals surface area (Å²) in [4.78, 5) is 12.1. The molecule has 0 bridgehead atoms. The van der Waals surface area contributed by atoms with E-state index in [9.17, 15) is 15.0 Å². The van der Waals surface area contributed by atoms with E-state index in [0.29, 0.717) is 12.1 Å². The first-order chi connectivity index (χ1) is 10.1. The Labute approximate surface area is 123 Å². The average Bonchev–Trinajstić information content (AvgIpc) is 2.97. The molecule has 1 aromatic heterocycles. The van der Waals surface area contributed by atoms with Gasteiger partial charge in [-0.15, -0.1) is 0 Å². The smallest absolute Gasteiger partial charge is 0.253 e. The van der Waals surface area contributed by atoms with Crippen molar-refractivity contribution in [3.8, 4) is 0 Å². The predicted molar refractivity (Wildman–Crippen MR) is 80.0 cm³/mol. The second kappa shape index (κ2) is 6.56. The standard InChI is InChI=1S/C16H20N2O3/c1-16(11-19,12-20)17-15(21)14-7-8-18(10-14)9-13-5-3-2-4-6-13/h2-8,10,19-20H,9,11-12H2,1H3,(H,17,21). The number of hydrogen-bond acceptors (Lipinski definition) is 3. The molecule has 1 amide bonds. The molecular weight excluding hydrogens is 268 g/mol. The van der Waals surface area contributed by atoms with Crippen LogP contribution in [0.5, 0.6) is 0 Å². The summed E-state index contributed by atoms with van der Waals surface area (Å²) in [5.41, 5.74) is 0.633.